The maximum absolute atomic E-state index is 10.5. The van der Waals surface area contributed by atoms with Crippen LogP contribution in [0.2, 0.25) is 0 Å². The minimum atomic E-state index is -0.733. The van der Waals surface area contributed by atoms with Crippen molar-refractivity contribution in [1.82, 2.24) is 9.97 Å². The van der Waals surface area contributed by atoms with Gasteiger partial charge in [0.25, 0.3) is 0 Å². The molecule has 7 nitrogen and oxygen atoms in total. The van der Waals surface area contributed by atoms with Crippen LogP contribution in [0.4, 0.5) is 11.6 Å². The molecular weight excluding hydrogens is 248 g/mol. The zero-order valence-corrected chi connectivity index (χ0v) is 10.9. The molecule has 1 aromatic heterocycles. The molecule has 1 saturated carbocycles. The van der Waals surface area contributed by atoms with E-state index < -0.39 is 10.5 Å². The van der Waals surface area contributed by atoms with Gasteiger partial charge in [0, 0.05) is 6.54 Å². The maximum atomic E-state index is 10.5. The van der Waals surface area contributed by atoms with Crippen LogP contribution in [-0.2, 0) is 0 Å². The summed E-state index contributed by atoms with van der Waals surface area (Å²) in [5.74, 6) is 0.815. The Balaban J connectivity index is 1.92. The van der Waals surface area contributed by atoms with Crippen molar-refractivity contribution < 1.29 is 10.0 Å². The summed E-state index contributed by atoms with van der Waals surface area (Å²) in [6.45, 7) is 2.50. The first-order valence-corrected chi connectivity index (χ1v) is 6.41. The van der Waals surface area contributed by atoms with Gasteiger partial charge < -0.3 is 10.4 Å². The van der Waals surface area contributed by atoms with Crippen molar-refractivity contribution in [3.63, 3.8) is 0 Å². The lowest BCUT2D eigenvalue weighted by Gasteiger charge is -2.35. The summed E-state index contributed by atoms with van der Waals surface area (Å²) in [7, 11) is 0. The van der Waals surface area contributed by atoms with E-state index in [1.807, 2.05) is 0 Å². The van der Waals surface area contributed by atoms with Gasteiger partial charge in [-0.15, -0.1) is 0 Å². The van der Waals surface area contributed by atoms with Gasteiger partial charge in [-0.05, 0) is 18.8 Å². The fourth-order valence-corrected chi connectivity index (χ4v) is 2.54. The van der Waals surface area contributed by atoms with Gasteiger partial charge in [-0.1, -0.05) is 19.8 Å². The first-order valence-electron chi connectivity index (χ1n) is 6.41. The molecule has 1 aliphatic carbocycles. The van der Waals surface area contributed by atoms with Crippen molar-refractivity contribution in [2.24, 2.45) is 5.92 Å². The van der Waals surface area contributed by atoms with Gasteiger partial charge >= 0.3 is 5.69 Å². The third-order valence-corrected chi connectivity index (χ3v) is 3.49. The van der Waals surface area contributed by atoms with E-state index in [9.17, 15) is 15.2 Å². The largest absolute Gasteiger partial charge is 0.388 e. The van der Waals surface area contributed by atoms with Crippen LogP contribution < -0.4 is 5.32 Å². The van der Waals surface area contributed by atoms with E-state index in [1.54, 1.807) is 0 Å². The van der Waals surface area contributed by atoms with Crippen LogP contribution in [0, 0.1) is 16.0 Å². The minimum Gasteiger partial charge on any atom is -0.388 e. The van der Waals surface area contributed by atoms with E-state index in [-0.39, 0.29) is 5.69 Å². The lowest BCUT2D eigenvalue weighted by molar-refractivity contribution is -0.385. The number of aromatic nitrogens is 2. The number of nitro groups is 1. The Labute approximate surface area is 111 Å². The van der Waals surface area contributed by atoms with Crippen molar-refractivity contribution in [2.45, 2.75) is 38.2 Å². The minimum absolute atomic E-state index is 0.143. The van der Waals surface area contributed by atoms with Gasteiger partial charge in [0.1, 0.15) is 12.4 Å². The van der Waals surface area contributed by atoms with Crippen molar-refractivity contribution in [3.8, 4) is 0 Å². The van der Waals surface area contributed by atoms with Gasteiger partial charge in [-0.25, -0.2) is 9.97 Å². The highest BCUT2D eigenvalue weighted by Crippen LogP contribution is 2.32. The molecule has 0 bridgehead atoms. The fraction of sp³-hybridized carbons (Fsp3) is 0.667. The summed E-state index contributed by atoms with van der Waals surface area (Å²) in [6, 6.07) is 0. The molecule has 1 fully saturated rings. The Morgan fingerprint density at radius 1 is 1.58 bits per heavy atom. The van der Waals surface area contributed by atoms with E-state index in [1.165, 1.54) is 0 Å². The van der Waals surface area contributed by atoms with Gasteiger partial charge in [0.2, 0.25) is 5.95 Å². The second-order valence-electron chi connectivity index (χ2n) is 5.30. The van der Waals surface area contributed by atoms with Crippen molar-refractivity contribution >= 4 is 11.6 Å². The van der Waals surface area contributed by atoms with E-state index in [4.69, 9.17) is 0 Å². The van der Waals surface area contributed by atoms with E-state index in [0.29, 0.717) is 18.4 Å². The lowest BCUT2D eigenvalue weighted by atomic mass is 9.79. The number of aliphatic hydroxyl groups is 1. The number of hydrogen-bond acceptors (Lipinski definition) is 6. The first kappa shape index (κ1) is 13.7. The summed E-state index contributed by atoms with van der Waals surface area (Å²) < 4.78 is 0. The monoisotopic (exact) mass is 266 g/mol. The highest BCUT2D eigenvalue weighted by Gasteiger charge is 2.32. The number of rotatable bonds is 4. The second kappa shape index (κ2) is 5.48. The van der Waals surface area contributed by atoms with Crippen LogP contribution in [0.15, 0.2) is 12.4 Å². The van der Waals surface area contributed by atoms with Gasteiger partial charge in [-0.3, -0.25) is 10.1 Å². The smallest absolute Gasteiger partial charge is 0.305 e. The van der Waals surface area contributed by atoms with E-state index >= 15 is 0 Å². The Hall–Kier alpha value is -1.76. The molecule has 1 heterocycles. The molecule has 0 spiro atoms. The fourth-order valence-electron chi connectivity index (χ4n) is 2.54. The van der Waals surface area contributed by atoms with Gasteiger partial charge in [-0.2, -0.15) is 0 Å². The molecule has 7 heteroatoms. The van der Waals surface area contributed by atoms with Crippen LogP contribution >= 0.6 is 0 Å². The number of nitrogens with zero attached hydrogens (tertiary/aromatic N) is 3. The van der Waals surface area contributed by atoms with Crippen LogP contribution in [0.5, 0.6) is 0 Å². The normalized spacial score (nSPS) is 26.9. The molecule has 0 aromatic carbocycles. The molecule has 0 radical (unpaired) electrons. The van der Waals surface area contributed by atoms with Crippen LogP contribution in [0.3, 0.4) is 0 Å². The lowest BCUT2D eigenvalue weighted by Crippen LogP contribution is -2.41. The second-order valence-corrected chi connectivity index (χ2v) is 5.30. The van der Waals surface area contributed by atoms with E-state index in [2.05, 4.69) is 22.2 Å². The molecule has 19 heavy (non-hydrogen) atoms. The summed E-state index contributed by atoms with van der Waals surface area (Å²) in [6.07, 6.45) is 5.99. The predicted molar refractivity (Wildman–Crippen MR) is 69.8 cm³/mol. The predicted octanol–water partition coefficient (Wildman–Crippen LogP) is 1.74. The van der Waals surface area contributed by atoms with E-state index in [0.717, 1.165) is 38.1 Å². The van der Waals surface area contributed by atoms with Crippen molar-refractivity contribution in [3.05, 3.63) is 22.5 Å². The Bertz CT molecular complexity index is 451. The zero-order chi connectivity index (χ0) is 13.9. The molecule has 2 unspecified atom stereocenters. The third kappa shape index (κ3) is 3.60. The Morgan fingerprint density at radius 2 is 2.26 bits per heavy atom. The maximum Gasteiger partial charge on any atom is 0.305 e. The average molecular weight is 266 g/mol. The van der Waals surface area contributed by atoms with Crippen LogP contribution in [0.1, 0.15) is 32.6 Å². The van der Waals surface area contributed by atoms with Crippen LogP contribution in [-0.4, -0.2) is 32.1 Å². The number of nitrogens with one attached hydrogen (secondary N) is 1. The SMILES string of the molecule is CC1CCCC(O)(CNc2ncc([N+](=O)[O-])cn2)C1. The molecule has 2 rings (SSSR count). The van der Waals surface area contributed by atoms with Crippen molar-refractivity contribution in [1.29, 1.82) is 0 Å². The first-order chi connectivity index (χ1) is 8.98. The topological polar surface area (TPSA) is 101 Å². The zero-order valence-electron chi connectivity index (χ0n) is 10.9. The molecule has 0 saturated heterocycles. The Morgan fingerprint density at radius 3 is 2.84 bits per heavy atom. The summed E-state index contributed by atoms with van der Waals surface area (Å²) in [5, 5.41) is 23.8. The molecule has 0 amide bonds. The summed E-state index contributed by atoms with van der Waals surface area (Å²) in [4.78, 5) is 17.6. The highest BCUT2D eigenvalue weighted by atomic mass is 16.6. The molecule has 1 aromatic rings. The van der Waals surface area contributed by atoms with Crippen molar-refractivity contribution in [2.75, 3.05) is 11.9 Å². The number of anilines is 1. The summed E-state index contributed by atoms with van der Waals surface area (Å²) in [5.41, 5.74) is -0.876. The van der Waals surface area contributed by atoms with Gasteiger partial charge in [0.05, 0.1) is 10.5 Å². The average Bonchev–Trinajstić information content (AvgIpc) is 2.37. The standard InChI is InChI=1S/C12H18N4O3/c1-9-3-2-4-12(17,5-9)8-15-11-13-6-10(7-14-11)16(18)19/h6-7,9,17H,2-5,8H2,1H3,(H,13,14,15). The summed E-state index contributed by atoms with van der Waals surface area (Å²) >= 11 is 0. The third-order valence-electron chi connectivity index (χ3n) is 3.49. The Kier molecular flexibility index (Phi) is 3.94. The number of hydrogen-bond donors (Lipinski definition) is 2. The molecule has 2 N–H and O–H groups in total. The quantitative estimate of drug-likeness (QED) is 0.635. The van der Waals surface area contributed by atoms with Gasteiger partial charge in [0.15, 0.2) is 0 Å². The molecule has 2 atom stereocenters. The molecular formula is C12H18N4O3. The molecule has 1 aliphatic rings. The molecule has 104 valence electrons. The highest BCUT2D eigenvalue weighted by molar-refractivity contribution is 5.31. The van der Waals surface area contributed by atoms with Crippen LogP contribution in [0.25, 0.3) is 0 Å². The molecule has 0 aliphatic heterocycles.